The third kappa shape index (κ3) is 2.57. The molecule has 10 nitrogen and oxygen atoms in total. The van der Waals surface area contributed by atoms with E-state index < -0.39 is 0 Å². The van der Waals surface area contributed by atoms with Crippen LogP contribution in [0.5, 0.6) is 0 Å². The van der Waals surface area contributed by atoms with Crippen LogP contribution in [0.2, 0.25) is 0 Å². The van der Waals surface area contributed by atoms with Gasteiger partial charge in [0.05, 0.1) is 30.0 Å². The largest absolute Gasteiger partial charge is 0.330 e. The monoisotopic (exact) mass is 362 g/mol. The van der Waals surface area contributed by atoms with Gasteiger partial charge in [-0.25, -0.2) is 0 Å². The Morgan fingerprint density at radius 2 is 1.93 bits per heavy atom. The summed E-state index contributed by atoms with van der Waals surface area (Å²) in [5, 5.41) is 25.3. The van der Waals surface area contributed by atoms with Crippen molar-refractivity contribution in [2.24, 2.45) is 7.05 Å². The molecule has 4 heterocycles. The Kier molecular flexibility index (Phi) is 3.49. The van der Waals surface area contributed by atoms with E-state index in [1.54, 1.807) is 9.36 Å². The number of anilines is 1. The van der Waals surface area contributed by atoms with Crippen LogP contribution >= 0.6 is 0 Å². The van der Waals surface area contributed by atoms with Gasteiger partial charge in [0.1, 0.15) is 0 Å². The molecule has 1 atom stereocenters. The molecule has 0 unspecified atom stereocenters. The Hall–Kier alpha value is -3.56. The number of para-hydroxylation sites is 1. The minimum absolute atomic E-state index is 0.167. The van der Waals surface area contributed by atoms with Crippen molar-refractivity contribution in [2.45, 2.75) is 19.5 Å². The molecule has 27 heavy (non-hydrogen) atoms. The lowest BCUT2D eigenvalue weighted by molar-refractivity contribution is 0.459. The molecule has 1 aromatic carbocycles. The van der Waals surface area contributed by atoms with Crippen LogP contribution in [0.15, 0.2) is 42.7 Å². The Bertz CT molecular complexity index is 1080. The van der Waals surface area contributed by atoms with Gasteiger partial charge in [-0.1, -0.05) is 23.3 Å². The topological polar surface area (TPSA) is 95.4 Å². The van der Waals surface area contributed by atoms with Crippen molar-refractivity contribution >= 4 is 5.95 Å². The molecule has 0 aliphatic carbocycles. The fourth-order valence-electron chi connectivity index (χ4n) is 3.53. The van der Waals surface area contributed by atoms with Gasteiger partial charge in [0.2, 0.25) is 0 Å². The molecule has 0 spiro atoms. The van der Waals surface area contributed by atoms with Crippen LogP contribution in [-0.4, -0.2) is 51.3 Å². The maximum absolute atomic E-state index is 4.41. The minimum atomic E-state index is 0.167. The molecule has 0 radical (unpaired) electrons. The second-order valence-electron chi connectivity index (χ2n) is 6.67. The third-order valence-corrected chi connectivity index (χ3v) is 4.72. The van der Waals surface area contributed by atoms with E-state index in [0.717, 1.165) is 29.4 Å². The second-order valence-corrected chi connectivity index (χ2v) is 6.67. The Morgan fingerprint density at radius 3 is 2.70 bits per heavy atom. The number of hydrogen-bond acceptors (Lipinski definition) is 7. The highest BCUT2D eigenvalue weighted by Crippen LogP contribution is 2.29. The van der Waals surface area contributed by atoms with Crippen LogP contribution in [0.4, 0.5) is 5.95 Å². The van der Waals surface area contributed by atoms with Gasteiger partial charge >= 0.3 is 0 Å². The molecule has 10 heteroatoms. The first kappa shape index (κ1) is 15.7. The summed E-state index contributed by atoms with van der Waals surface area (Å²) in [5.74, 6) is 2.42. The van der Waals surface area contributed by atoms with Crippen molar-refractivity contribution in [3.63, 3.8) is 0 Å². The maximum atomic E-state index is 4.41. The fraction of sp³-hybridized carbons (Fsp3) is 0.294. The summed E-state index contributed by atoms with van der Waals surface area (Å²) in [7, 11) is 1.89. The lowest BCUT2D eigenvalue weighted by Crippen LogP contribution is -2.38. The van der Waals surface area contributed by atoms with Gasteiger partial charge in [-0.3, -0.25) is 4.68 Å². The summed E-state index contributed by atoms with van der Waals surface area (Å²) in [4.78, 5) is 2.13. The van der Waals surface area contributed by atoms with E-state index in [0.29, 0.717) is 12.5 Å². The molecule has 1 aliphatic heterocycles. The van der Waals surface area contributed by atoms with Crippen LogP contribution in [0, 0.1) is 0 Å². The minimum Gasteiger partial charge on any atom is -0.330 e. The highest BCUT2D eigenvalue weighted by atomic mass is 15.6. The maximum Gasteiger partial charge on any atom is 0.250 e. The Labute approximate surface area is 155 Å². The number of rotatable bonds is 3. The summed E-state index contributed by atoms with van der Waals surface area (Å²) < 4.78 is 5.69. The van der Waals surface area contributed by atoms with Gasteiger partial charge in [0.25, 0.3) is 5.95 Å². The molecule has 0 N–H and O–H groups in total. The van der Waals surface area contributed by atoms with E-state index in [1.165, 1.54) is 0 Å². The smallest absolute Gasteiger partial charge is 0.250 e. The molecular formula is C17H18N10. The molecule has 1 aliphatic rings. The number of nitrogens with zero attached hydrogens (tertiary/aromatic N) is 10. The summed E-state index contributed by atoms with van der Waals surface area (Å²) in [6.07, 6.45) is 3.76. The molecular weight excluding hydrogens is 344 g/mol. The summed E-state index contributed by atoms with van der Waals surface area (Å²) in [5.41, 5.74) is 1.89. The normalized spacial score (nSPS) is 16.5. The Balaban J connectivity index is 1.50. The molecule has 0 saturated heterocycles. The van der Waals surface area contributed by atoms with Crippen LogP contribution < -0.4 is 4.90 Å². The number of hydrogen-bond donors (Lipinski definition) is 0. The first-order chi connectivity index (χ1) is 13.2. The lowest BCUT2D eigenvalue weighted by Gasteiger charge is -2.32. The van der Waals surface area contributed by atoms with Crippen LogP contribution in [0.1, 0.15) is 18.8 Å². The third-order valence-electron chi connectivity index (χ3n) is 4.72. The van der Waals surface area contributed by atoms with E-state index in [9.17, 15) is 0 Å². The number of aromatic nitrogens is 9. The van der Waals surface area contributed by atoms with Gasteiger partial charge in [0.15, 0.2) is 11.6 Å². The molecule has 136 valence electrons. The Morgan fingerprint density at radius 1 is 1.07 bits per heavy atom. The standard InChI is InChI=1S/C17H18N10/c1-12-9-25(17-21-22-23-27(17)14-6-4-3-5-7-14)11-15-19-20-16(26(12)15)13-8-18-24(2)10-13/h3-8,10,12H,9,11H2,1-2H3/t12-/m0/s1. The van der Waals surface area contributed by atoms with E-state index in [-0.39, 0.29) is 6.04 Å². The average molecular weight is 362 g/mol. The van der Waals surface area contributed by atoms with Crippen molar-refractivity contribution in [1.82, 2.24) is 44.8 Å². The number of aryl methyl sites for hydroxylation is 1. The first-order valence-electron chi connectivity index (χ1n) is 8.72. The quantitative estimate of drug-likeness (QED) is 0.541. The highest BCUT2D eigenvalue weighted by molar-refractivity contribution is 5.54. The predicted octanol–water partition coefficient (Wildman–Crippen LogP) is 1.24. The van der Waals surface area contributed by atoms with Gasteiger partial charge in [0, 0.05) is 19.8 Å². The molecule has 4 aromatic rings. The zero-order valence-corrected chi connectivity index (χ0v) is 15.0. The summed E-state index contributed by atoms with van der Waals surface area (Å²) in [6.45, 7) is 3.49. The molecule has 0 amide bonds. The highest BCUT2D eigenvalue weighted by Gasteiger charge is 2.30. The zero-order chi connectivity index (χ0) is 18.4. The summed E-state index contributed by atoms with van der Waals surface area (Å²) >= 11 is 0. The lowest BCUT2D eigenvalue weighted by atomic mass is 10.2. The van der Waals surface area contributed by atoms with Crippen LogP contribution in [0.25, 0.3) is 17.1 Å². The molecule has 0 bridgehead atoms. The van der Waals surface area contributed by atoms with Crippen molar-refractivity contribution in [3.05, 3.63) is 48.5 Å². The van der Waals surface area contributed by atoms with E-state index in [1.807, 2.05) is 49.8 Å². The SMILES string of the molecule is C[C@H]1CN(c2nnnn2-c2ccccc2)Cc2nnc(-c3cnn(C)c3)n21. The number of benzene rings is 1. The number of tetrazole rings is 1. The van der Waals surface area contributed by atoms with Crippen LogP contribution in [-0.2, 0) is 13.6 Å². The van der Waals surface area contributed by atoms with E-state index >= 15 is 0 Å². The molecule has 0 saturated carbocycles. The number of fused-ring (bicyclic) bond motifs is 1. The predicted molar refractivity (Wildman–Crippen MR) is 97.1 cm³/mol. The van der Waals surface area contributed by atoms with Crippen LogP contribution in [0.3, 0.4) is 0 Å². The van der Waals surface area contributed by atoms with Crippen molar-refractivity contribution in [2.75, 3.05) is 11.4 Å². The second kappa shape index (κ2) is 6.01. The van der Waals surface area contributed by atoms with Gasteiger partial charge in [-0.15, -0.1) is 10.2 Å². The van der Waals surface area contributed by atoms with E-state index in [4.69, 9.17) is 0 Å². The van der Waals surface area contributed by atoms with Gasteiger partial charge in [-0.05, 0) is 29.5 Å². The van der Waals surface area contributed by atoms with Gasteiger partial charge in [-0.2, -0.15) is 9.78 Å². The fourth-order valence-corrected chi connectivity index (χ4v) is 3.53. The zero-order valence-electron chi connectivity index (χ0n) is 15.0. The van der Waals surface area contributed by atoms with Crippen molar-refractivity contribution in [1.29, 1.82) is 0 Å². The summed E-state index contributed by atoms with van der Waals surface area (Å²) in [6, 6.07) is 10.0. The van der Waals surface area contributed by atoms with Crippen molar-refractivity contribution < 1.29 is 0 Å². The van der Waals surface area contributed by atoms with Crippen molar-refractivity contribution in [3.8, 4) is 17.1 Å². The average Bonchev–Trinajstić information content (AvgIpc) is 3.41. The molecule has 0 fully saturated rings. The first-order valence-corrected chi connectivity index (χ1v) is 8.72. The van der Waals surface area contributed by atoms with Gasteiger partial charge < -0.3 is 9.47 Å². The molecule has 3 aromatic heterocycles. The molecule has 5 rings (SSSR count). The van der Waals surface area contributed by atoms with E-state index in [2.05, 4.69) is 47.2 Å².